The van der Waals surface area contributed by atoms with E-state index in [-0.39, 0.29) is 22.4 Å². The summed E-state index contributed by atoms with van der Waals surface area (Å²) in [5.41, 5.74) is 6.93. The molecule has 1 saturated heterocycles. The van der Waals surface area contributed by atoms with Gasteiger partial charge < -0.3 is 21.0 Å². The zero-order valence-electron chi connectivity index (χ0n) is 17.6. The third-order valence-electron chi connectivity index (χ3n) is 4.97. The normalized spacial score (nSPS) is 20.2. The second-order valence-electron chi connectivity index (χ2n) is 7.25. The van der Waals surface area contributed by atoms with Crippen molar-refractivity contribution >= 4 is 51.9 Å². The third-order valence-corrected chi connectivity index (χ3v) is 6.85. The zero-order valence-corrected chi connectivity index (χ0v) is 19.2. The second kappa shape index (κ2) is 9.15. The van der Waals surface area contributed by atoms with Crippen molar-refractivity contribution in [3.8, 4) is 0 Å². The molecular formula is C19H20N7O5S2+. The summed E-state index contributed by atoms with van der Waals surface area (Å²) < 4.78 is 5.82. The predicted octanol–water partition coefficient (Wildman–Crippen LogP) is -0.494. The predicted molar refractivity (Wildman–Crippen MR) is 119 cm³/mol. The number of β-lactam (4-membered cyclic amide) rings is 1. The Bertz CT molecular complexity index is 1190. The van der Waals surface area contributed by atoms with E-state index >= 15 is 0 Å². The number of rotatable bonds is 7. The summed E-state index contributed by atoms with van der Waals surface area (Å²) >= 11 is 2.27. The number of aryl methyl sites for hydroxylation is 1. The van der Waals surface area contributed by atoms with Gasteiger partial charge in [0, 0.05) is 34.5 Å². The maximum atomic E-state index is 12.9. The SMILES string of the molecule is CON=C(C(=O)NC1C(=O)N2C(C(=O)O)=C(C[n+]3cccc(C)c3)CS[C@@H]12)c1nsc(N)n1. The molecule has 4 rings (SSSR count). The number of hydrogen-bond donors (Lipinski definition) is 3. The van der Waals surface area contributed by atoms with Crippen LogP contribution in [0.1, 0.15) is 11.4 Å². The van der Waals surface area contributed by atoms with E-state index in [0.29, 0.717) is 17.9 Å². The van der Waals surface area contributed by atoms with Crippen LogP contribution in [-0.2, 0) is 25.8 Å². The van der Waals surface area contributed by atoms with E-state index in [0.717, 1.165) is 17.1 Å². The lowest BCUT2D eigenvalue weighted by molar-refractivity contribution is -0.689. The molecule has 4 N–H and O–H groups in total. The largest absolute Gasteiger partial charge is 0.477 e. The van der Waals surface area contributed by atoms with Gasteiger partial charge in [0.15, 0.2) is 24.1 Å². The van der Waals surface area contributed by atoms with E-state index in [1.54, 1.807) is 0 Å². The molecule has 2 amide bonds. The van der Waals surface area contributed by atoms with Crippen LogP contribution in [0.5, 0.6) is 0 Å². The van der Waals surface area contributed by atoms with Crippen LogP contribution in [0.25, 0.3) is 0 Å². The Morgan fingerprint density at radius 1 is 1.48 bits per heavy atom. The van der Waals surface area contributed by atoms with Crippen LogP contribution in [0.15, 0.2) is 41.0 Å². The number of fused-ring (bicyclic) bond motifs is 1. The van der Waals surface area contributed by atoms with Crippen molar-refractivity contribution in [2.75, 3.05) is 18.6 Å². The smallest absolute Gasteiger partial charge is 0.352 e. The molecule has 0 radical (unpaired) electrons. The number of nitrogen functional groups attached to an aromatic ring is 1. The Hall–Kier alpha value is -3.52. The molecule has 0 bridgehead atoms. The molecule has 4 heterocycles. The fourth-order valence-electron chi connectivity index (χ4n) is 3.59. The first-order chi connectivity index (χ1) is 15.8. The highest BCUT2D eigenvalue weighted by molar-refractivity contribution is 8.00. The standard InChI is InChI=1S/C19H19N7O5S2/c1-9-4-3-5-25(6-9)7-10-8-32-17-12(16(28)26(17)13(10)18(29)30)21-15(27)11(23-31-2)14-22-19(20)33-24-14/h3-6,12,17H,7-8H2,1-2H3,(H3-,20,21,22,24,27,29,30)/p+1/t12?,17-/m0/s1. The third kappa shape index (κ3) is 4.39. The van der Waals surface area contributed by atoms with Gasteiger partial charge in [-0.05, 0) is 13.0 Å². The van der Waals surface area contributed by atoms with Crippen molar-refractivity contribution in [3.63, 3.8) is 0 Å². The topological polar surface area (TPSA) is 164 Å². The molecule has 12 nitrogen and oxygen atoms in total. The molecule has 0 spiro atoms. The average molecular weight is 491 g/mol. The van der Waals surface area contributed by atoms with Crippen molar-refractivity contribution in [3.05, 3.63) is 47.2 Å². The molecule has 33 heavy (non-hydrogen) atoms. The van der Waals surface area contributed by atoms with E-state index in [1.807, 2.05) is 36.0 Å². The number of nitrogens with one attached hydrogen (secondary N) is 1. The van der Waals surface area contributed by atoms with Gasteiger partial charge in [0.2, 0.25) is 11.5 Å². The lowest BCUT2D eigenvalue weighted by Gasteiger charge is -2.49. The van der Waals surface area contributed by atoms with Gasteiger partial charge in [-0.1, -0.05) is 5.16 Å². The minimum Gasteiger partial charge on any atom is -0.477 e. The molecule has 2 aliphatic heterocycles. The van der Waals surface area contributed by atoms with Crippen molar-refractivity contribution < 1.29 is 28.9 Å². The van der Waals surface area contributed by atoms with Crippen LogP contribution in [0.2, 0.25) is 0 Å². The molecule has 0 aromatic carbocycles. The number of hydrogen-bond acceptors (Lipinski definition) is 10. The van der Waals surface area contributed by atoms with Crippen molar-refractivity contribution in [1.82, 2.24) is 19.6 Å². The minimum absolute atomic E-state index is 0.0274. The summed E-state index contributed by atoms with van der Waals surface area (Å²) in [7, 11) is 1.26. The van der Waals surface area contributed by atoms with Gasteiger partial charge in [-0.25, -0.2) is 9.36 Å². The number of oxime groups is 1. The molecule has 172 valence electrons. The van der Waals surface area contributed by atoms with Crippen LogP contribution in [-0.4, -0.2) is 67.1 Å². The molecule has 2 atom stereocenters. The highest BCUT2D eigenvalue weighted by Crippen LogP contribution is 2.40. The van der Waals surface area contributed by atoms with Crippen molar-refractivity contribution in [2.24, 2.45) is 5.16 Å². The number of nitrogens with zero attached hydrogens (tertiary/aromatic N) is 5. The number of nitrogens with two attached hydrogens (primary N) is 1. The Morgan fingerprint density at radius 2 is 2.27 bits per heavy atom. The maximum Gasteiger partial charge on any atom is 0.352 e. The molecular weight excluding hydrogens is 470 g/mol. The summed E-state index contributed by atoms with van der Waals surface area (Å²) in [6, 6.07) is 2.89. The van der Waals surface area contributed by atoms with E-state index in [1.165, 1.54) is 23.8 Å². The van der Waals surface area contributed by atoms with Crippen LogP contribution >= 0.6 is 23.3 Å². The molecule has 2 aromatic rings. The summed E-state index contributed by atoms with van der Waals surface area (Å²) in [6.45, 7) is 2.28. The van der Waals surface area contributed by atoms with Gasteiger partial charge in [0.1, 0.15) is 24.2 Å². The molecule has 0 saturated carbocycles. The van der Waals surface area contributed by atoms with E-state index in [9.17, 15) is 19.5 Å². The molecule has 1 fully saturated rings. The Labute approximate surface area is 196 Å². The molecule has 2 aliphatic rings. The Kier molecular flexibility index (Phi) is 6.29. The summed E-state index contributed by atoms with van der Waals surface area (Å²) in [5.74, 6) is -2.07. The van der Waals surface area contributed by atoms with Crippen LogP contribution < -0.4 is 15.6 Å². The van der Waals surface area contributed by atoms with Gasteiger partial charge >= 0.3 is 5.97 Å². The number of carbonyl (C=O) groups is 3. The number of amides is 2. The number of aliphatic carboxylic acids is 1. The highest BCUT2D eigenvalue weighted by atomic mass is 32.2. The van der Waals surface area contributed by atoms with E-state index in [4.69, 9.17) is 10.6 Å². The lowest BCUT2D eigenvalue weighted by Crippen LogP contribution is -2.71. The monoisotopic (exact) mass is 490 g/mol. The van der Waals surface area contributed by atoms with Gasteiger partial charge in [0.05, 0.1) is 0 Å². The maximum absolute atomic E-state index is 12.9. The van der Waals surface area contributed by atoms with Gasteiger partial charge in [-0.3, -0.25) is 14.5 Å². The molecule has 2 aromatic heterocycles. The first-order valence-electron chi connectivity index (χ1n) is 9.67. The van der Waals surface area contributed by atoms with Crippen molar-refractivity contribution in [1.29, 1.82) is 0 Å². The summed E-state index contributed by atoms with van der Waals surface area (Å²) in [4.78, 5) is 47.6. The second-order valence-corrected chi connectivity index (χ2v) is 9.14. The van der Waals surface area contributed by atoms with Gasteiger partial charge in [0.25, 0.3) is 11.8 Å². The number of thioether (sulfide) groups is 1. The fourth-order valence-corrected chi connectivity index (χ4v) is 5.36. The number of carbonyl (C=O) groups excluding carboxylic acids is 2. The quantitative estimate of drug-likeness (QED) is 0.201. The first-order valence-corrected chi connectivity index (χ1v) is 11.5. The molecule has 0 aliphatic carbocycles. The van der Waals surface area contributed by atoms with Crippen LogP contribution in [0, 0.1) is 6.92 Å². The van der Waals surface area contributed by atoms with Crippen LogP contribution in [0.3, 0.4) is 0 Å². The number of carboxylic acid groups (broad SMARTS) is 1. The average Bonchev–Trinajstić information content (AvgIpc) is 3.21. The number of aromatic nitrogens is 3. The van der Waals surface area contributed by atoms with Crippen molar-refractivity contribution in [2.45, 2.75) is 24.9 Å². The minimum atomic E-state index is -1.19. The highest BCUT2D eigenvalue weighted by Gasteiger charge is 2.54. The lowest BCUT2D eigenvalue weighted by atomic mass is 10.0. The summed E-state index contributed by atoms with van der Waals surface area (Å²) in [6.07, 6.45) is 3.74. The van der Waals surface area contributed by atoms with E-state index < -0.39 is 29.2 Å². The van der Waals surface area contributed by atoms with E-state index in [2.05, 4.69) is 19.8 Å². The Morgan fingerprint density at radius 3 is 2.91 bits per heavy atom. The first kappa shape index (κ1) is 22.7. The number of pyridine rings is 1. The molecule has 14 heteroatoms. The van der Waals surface area contributed by atoms with Gasteiger partial charge in [-0.15, -0.1) is 11.8 Å². The van der Waals surface area contributed by atoms with Crippen LogP contribution in [0.4, 0.5) is 5.13 Å². The number of carboxylic acids is 1. The fraction of sp³-hybridized carbons (Fsp3) is 0.316. The molecule has 1 unspecified atom stereocenters. The zero-order chi connectivity index (χ0) is 23.7. The summed E-state index contributed by atoms with van der Waals surface area (Å²) in [5, 5.41) is 15.7. The van der Waals surface area contributed by atoms with Gasteiger partial charge in [-0.2, -0.15) is 9.36 Å². The Balaban J connectivity index is 1.54. The number of anilines is 1.